The lowest BCUT2D eigenvalue weighted by atomic mass is 9.99. The zero-order valence-electron chi connectivity index (χ0n) is 13.4. The Morgan fingerprint density at radius 2 is 1.80 bits per heavy atom. The Hall–Kier alpha value is -2.20. The molecular weight excluding hydrogens is 336 g/mol. The molecule has 0 aromatic heterocycles. The van der Waals surface area contributed by atoms with Crippen molar-refractivity contribution < 1.29 is 44.2 Å². The molecule has 1 fully saturated rings. The smallest absolute Gasteiger partial charge is 0.335 e. The van der Waals surface area contributed by atoms with Crippen LogP contribution in [0.5, 0.6) is 5.75 Å². The number of benzene rings is 1. The Balaban J connectivity index is 2.15. The van der Waals surface area contributed by atoms with Crippen LogP contribution in [0.4, 0.5) is 0 Å². The third kappa shape index (κ3) is 4.45. The fourth-order valence-corrected chi connectivity index (χ4v) is 2.44. The number of aliphatic hydroxyl groups excluding tert-OH is 3. The summed E-state index contributed by atoms with van der Waals surface area (Å²) in [5, 5.41) is 38.5. The predicted octanol–water partition coefficient (Wildman–Crippen LogP) is -0.937. The minimum atomic E-state index is -1.79. The van der Waals surface area contributed by atoms with E-state index in [9.17, 15) is 24.9 Å². The average Bonchev–Trinajstić information content (AvgIpc) is 2.60. The number of carbonyl (C=O) groups excluding carboxylic acids is 1. The number of carbonyl (C=O) groups is 2. The summed E-state index contributed by atoms with van der Waals surface area (Å²) in [5.74, 6) is -1.65. The van der Waals surface area contributed by atoms with E-state index in [1.807, 2.05) is 0 Å². The molecule has 9 heteroatoms. The summed E-state index contributed by atoms with van der Waals surface area (Å²) in [7, 11) is 1.27. The van der Waals surface area contributed by atoms with E-state index >= 15 is 0 Å². The van der Waals surface area contributed by atoms with E-state index in [4.69, 9.17) is 14.6 Å². The van der Waals surface area contributed by atoms with Gasteiger partial charge in [-0.3, -0.25) is 4.79 Å². The van der Waals surface area contributed by atoms with Gasteiger partial charge in [-0.1, -0.05) is 18.2 Å². The zero-order chi connectivity index (χ0) is 18.6. The van der Waals surface area contributed by atoms with Gasteiger partial charge in [-0.05, 0) is 18.1 Å². The summed E-state index contributed by atoms with van der Waals surface area (Å²) < 4.78 is 15.2. The van der Waals surface area contributed by atoms with Crippen molar-refractivity contribution >= 4 is 11.9 Å². The molecule has 1 heterocycles. The number of ether oxygens (including phenoxy) is 3. The van der Waals surface area contributed by atoms with E-state index in [1.54, 1.807) is 24.3 Å². The maximum Gasteiger partial charge on any atom is 0.335 e. The summed E-state index contributed by atoms with van der Waals surface area (Å²) in [6.45, 7) is 0. The van der Waals surface area contributed by atoms with Crippen LogP contribution in [0.25, 0.3) is 0 Å². The number of hydrogen-bond donors (Lipinski definition) is 4. The molecule has 0 radical (unpaired) electrons. The number of methoxy groups -OCH3 is 1. The van der Waals surface area contributed by atoms with Crippen molar-refractivity contribution in [3.8, 4) is 5.75 Å². The number of hydrogen-bond acceptors (Lipinski definition) is 8. The molecule has 1 aromatic carbocycles. The van der Waals surface area contributed by atoms with Gasteiger partial charge in [-0.2, -0.15) is 0 Å². The fraction of sp³-hybridized carbons (Fsp3) is 0.500. The molecule has 9 nitrogen and oxygen atoms in total. The highest BCUT2D eigenvalue weighted by Gasteiger charge is 2.48. The van der Waals surface area contributed by atoms with Crippen molar-refractivity contribution in [3.63, 3.8) is 0 Å². The molecule has 25 heavy (non-hydrogen) atoms. The van der Waals surface area contributed by atoms with E-state index in [-0.39, 0.29) is 12.2 Å². The van der Waals surface area contributed by atoms with Crippen LogP contribution in [-0.4, -0.2) is 70.2 Å². The average molecular weight is 356 g/mol. The first-order chi connectivity index (χ1) is 11.8. The van der Waals surface area contributed by atoms with Gasteiger partial charge in [0.15, 0.2) is 6.10 Å². The molecule has 5 atom stereocenters. The molecule has 0 saturated carbocycles. The van der Waals surface area contributed by atoms with Crippen LogP contribution in [0.3, 0.4) is 0 Å². The molecule has 4 N–H and O–H groups in total. The Labute approximate surface area is 143 Å². The Morgan fingerprint density at radius 1 is 1.12 bits per heavy atom. The molecule has 138 valence electrons. The van der Waals surface area contributed by atoms with Gasteiger partial charge in [0.1, 0.15) is 24.1 Å². The lowest BCUT2D eigenvalue weighted by Gasteiger charge is -2.38. The first-order valence-electron chi connectivity index (χ1n) is 7.59. The molecule has 0 spiro atoms. The van der Waals surface area contributed by atoms with E-state index in [2.05, 4.69) is 4.74 Å². The fourth-order valence-electron chi connectivity index (χ4n) is 2.44. The van der Waals surface area contributed by atoms with Gasteiger partial charge in [-0.15, -0.1) is 0 Å². The largest absolute Gasteiger partial charge is 0.479 e. The molecular formula is C16H20O9. The summed E-state index contributed by atoms with van der Waals surface area (Å²) in [4.78, 5) is 22.4. The molecule has 1 aliphatic heterocycles. The van der Waals surface area contributed by atoms with Crippen molar-refractivity contribution in [3.05, 3.63) is 29.8 Å². The van der Waals surface area contributed by atoms with E-state index in [0.29, 0.717) is 12.0 Å². The Kier molecular flexibility index (Phi) is 6.32. The van der Waals surface area contributed by atoms with Crippen LogP contribution in [-0.2, 0) is 25.5 Å². The molecule has 1 aliphatic rings. The molecule has 2 rings (SSSR count). The van der Waals surface area contributed by atoms with Crippen LogP contribution in [0, 0.1) is 0 Å². The summed E-state index contributed by atoms with van der Waals surface area (Å²) in [6.07, 6.45) is -8.05. The maximum atomic E-state index is 11.3. The third-order valence-electron chi connectivity index (χ3n) is 3.85. The van der Waals surface area contributed by atoms with Crippen molar-refractivity contribution in [1.82, 2.24) is 0 Å². The van der Waals surface area contributed by atoms with Gasteiger partial charge in [0.05, 0.1) is 7.11 Å². The first-order valence-corrected chi connectivity index (χ1v) is 7.59. The third-order valence-corrected chi connectivity index (χ3v) is 3.85. The second kappa shape index (κ2) is 8.26. The van der Waals surface area contributed by atoms with Gasteiger partial charge in [-0.25, -0.2) is 4.79 Å². The van der Waals surface area contributed by atoms with Crippen LogP contribution in [0.2, 0.25) is 0 Å². The number of carboxylic acids is 1. The number of carboxylic acid groups (broad SMARTS) is 1. The minimum Gasteiger partial charge on any atom is -0.479 e. The van der Waals surface area contributed by atoms with Gasteiger partial charge >= 0.3 is 11.9 Å². The monoisotopic (exact) mass is 356 g/mol. The van der Waals surface area contributed by atoms with Gasteiger partial charge in [0.2, 0.25) is 6.29 Å². The second-order valence-electron chi connectivity index (χ2n) is 5.54. The highest BCUT2D eigenvalue weighted by atomic mass is 16.7. The Morgan fingerprint density at radius 3 is 2.44 bits per heavy atom. The van der Waals surface area contributed by atoms with Crippen molar-refractivity contribution in [2.75, 3.05) is 7.11 Å². The highest BCUT2D eigenvalue weighted by molar-refractivity contribution is 5.73. The van der Waals surface area contributed by atoms with Crippen LogP contribution in [0.1, 0.15) is 12.0 Å². The van der Waals surface area contributed by atoms with Crippen molar-refractivity contribution in [2.45, 2.75) is 43.5 Å². The highest BCUT2D eigenvalue weighted by Crippen LogP contribution is 2.27. The normalized spacial score (nSPS) is 29.0. The number of rotatable bonds is 6. The standard InChI is InChI=1S/C16H20O9/c1-23-10(17)7-6-8-4-2-3-5-9(8)24-16-13(20)11(18)12(19)14(25-16)15(21)22/h2-5,11-14,16,18-20H,6-7H2,1H3,(H,21,22). The van der Waals surface area contributed by atoms with Gasteiger partial charge < -0.3 is 34.6 Å². The van der Waals surface area contributed by atoms with Crippen LogP contribution >= 0.6 is 0 Å². The molecule has 0 amide bonds. The maximum absolute atomic E-state index is 11.3. The zero-order valence-corrected chi connectivity index (χ0v) is 13.4. The van der Waals surface area contributed by atoms with Gasteiger partial charge in [0, 0.05) is 6.42 Å². The minimum absolute atomic E-state index is 0.101. The number of aliphatic carboxylic acids is 1. The van der Waals surface area contributed by atoms with Crippen molar-refractivity contribution in [2.24, 2.45) is 0 Å². The lowest BCUT2D eigenvalue weighted by molar-refractivity contribution is -0.271. The molecule has 0 aliphatic carbocycles. The number of esters is 1. The number of aliphatic hydroxyl groups is 3. The molecule has 0 bridgehead atoms. The van der Waals surface area contributed by atoms with Crippen LogP contribution in [0.15, 0.2) is 24.3 Å². The molecule has 1 saturated heterocycles. The van der Waals surface area contributed by atoms with Crippen molar-refractivity contribution in [1.29, 1.82) is 0 Å². The topological polar surface area (TPSA) is 143 Å². The summed E-state index contributed by atoms with van der Waals surface area (Å²) >= 11 is 0. The van der Waals surface area contributed by atoms with Crippen LogP contribution < -0.4 is 4.74 Å². The quantitative estimate of drug-likeness (QED) is 0.475. The van der Waals surface area contributed by atoms with Gasteiger partial charge in [0.25, 0.3) is 0 Å². The summed E-state index contributed by atoms with van der Waals surface area (Å²) in [6, 6.07) is 6.60. The second-order valence-corrected chi connectivity index (χ2v) is 5.54. The first kappa shape index (κ1) is 19.1. The summed E-state index contributed by atoms with van der Waals surface area (Å²) in [5.41, 5.74) is 0.608. The molecule has 5 unspecified atom stereocenters. The van der Waals surface area contributed by atoms with E-state index < -0.39 is 42.6 Å². The number of aryl methyl sites for hydroxylation is 1. The SMILES string of the molecule is COC(=O)CCc1ccccc1OC1OC(C(=O)O)C(O)C(O)C1O. The predicted molar refractivity (Wildman–Crippen MR) is 81.7 cm³/mol. The van der Waals surface area contributed by atoms with E-state index in [1.165, 1.54) is 7.11 Å². The number of para-hydroxylation sites is 1. The Bertz CT molecular complexity index is 617. The van der Waals surface area contributed by atoms with E-state index in [0.717, 1.165) is 0 Å². The lowest BCUT2D eigenvalue weighted by Crippen LogP contribution is -2.61. The molecule has 1 aromatic rings.